The summed E-state index contributed by atoms with van der Waals surface area (Å²) in [5, 5.41) is 15.6. The van der Waals surface area contributed by atoms with Gasteiger partial charge in [-0.3, -0.25) is 0 Å². The summed E-state index contributed by atoms with van der Waals surface area (Å²) in [5.74, 6) is -0.983. The van der Waals surface area contributed by atoms with Gasteiger partial charge >= 0.3 is 12.1 Å². The van der Waals surface area contributed by atoms with Crippen molar-refractivity contribution >= 4 is 23.1 Å². The number of nitrogens with zero attached hydrogens (tertiary/aromatic N) is 3. The summed E-state index contributed by atoms with van der Waals surface area (Å²) in [6.07, 6.45) is -1.83. The van der Waals surface area contributed by atoms with E-state index in [2.05, 4.69) is 15.4 Å². The second-order valence-electron chi connectivity index (χ2n) is 4.65. The number of rotatable bonds is 3. The molecule has 6 nitrogen and oxygen atoms in total. The first-order valence-corrected chi connectivity index (χ1v) is 6.36. The Morgan fingerprint density at radius 3 is 2.74 bits per heavy atom. The van der Waals surface area contributed by atoms with Crippen molar-refractivity contribution in [3.05, 3.63) is 53.9 Å². The Labute approximate surface area is 127 Å². The van der Waals surface area contributed by atoms with Gasteiger partial charge in [-0.2, -0.15) is 18.3 Å². The minimum Gasteiger partial charge on any atom is -0.477 e. The van der Waals surface area contributed by atoms with Gasteiger partial charge in [0.15, 0.2) is 5.65 Å². The number of hydrogen-bond acceptors (Lipinski definition) is 4. The number of aromatic nitrogens is 3. The molecule has 2 N–H and O–H groups in total. The van der Waals surface area contributed by atoms with Crippen LogP contribution in [0, 0.1) is 0 Å². The maximum atomic E-state index is 12.7. The summed E-state index contributed by atoms with van der Waals surface area (Å²) < 4.78 is 39.3. The molecule has 2 aromatic heterocycles. The molecule has 1 aromatic carbocycles. The van der Waals surface area contributed by atoms with Gasteiger partial charge in [-0.25, -0.2) is 14.3 Å². The van der Waals surface area contributed by atoms with Crippen molar-refractivity contribution in [2.75, 3.05) is 5.32 Å². The summed E-state index contributed by atoms with van der Waals surface area (Å²) in [6, 6.07) is 6.11. The summed E-state index contributed by atoms with van der Waals surface area (Å²) in [4.78, 5) is 15.1. The van der Waals surface area contributed by atoms with Crippen LogP contribution >= 0.6 is 0 Å². The highest BCUT2D eigenvalue weighted by Crippen LogP contribution is 2.31. The van der Waals surface area contributed by atoms with Gasteiger partial charge in [-0.05, 0) is 24.3 Å². The fourth-order valence-electron chi connectivity index (χ4n) is 2.01. The number of benzene rings is 1. The van der Waals surface area contributed by atoms with Crippen molar-refractivity contribution < 1.29 is 23.1 Å². The van der Waals surface area contributed by atoms with Gasteiger partial charge in [0, 0.05) is 11.9 Å². The number of anilines is 2. The molecule has 0 fully saturated rings. The molecule has 0 aliphatic rings. The SMILES string of the molecule is O=C(O)c1cnn2ccc(Nc3cccc(C(F)(F)F)c3)nc12. The lowest BCUT2D eigenvalue weighted by Gasteiger charge is -2.10. The molecular weight excluding hydrogens is 313 g/mol. The molecule has 2 heterocycles. The van der Waals surface area contributed by atoms with Crippen molar-refractivity contribution in [3.8, 4) is 0 Å². The zero-order chi connectivity index (χ0) is 16.6. The van der Waals surface area contributed by atoms with Crippen LogP contribution in [-0.2, 0) is 6.18 Å². The maximum absolute atomic E-state index is 12.7. The van der Waals surface area contributed by atoms with E-state index in [0.29, 0.717) is 0 Å². The fourth-order valence-corrected chi connectivity index (χ4v) is 2.01. The molecule has 0 radical (unpaired) electrons. The Hall–Kier alpha value is -3.10. The number of fused-ring (bicyclic) bond motifs is 1. The molecule has 3 aromatic rings. The smallest absolute Gasteiger partial charge is 0.416 e. The van der Waals surface area contributed by atoms with Gasteiger partial charge < -0.3 is 10.4 Å². The molecule has 9 heteroatoms. The van der Waals surface area contributed by atoms with Crippen LogP contribution in [0.3, 0.4) is 0 Å². The summed E-state index contributed by atoms with van der Waals surface area (Å²) >= 11 is 0. The van der Waals surface area contributed by atoms with Crippen LogP contribution in [0.2, 0.25) is 0 Å². The third-order valence-electron chi connectivity index (χ3n) is 3.06. The monoisotopic (exact) mass is 322 g/mol. The quantitative estimate of drug-likeness (QED) is 0.774. The van der Waals surface area contributed by atoms with Gasteiger partial charge in [0.05, 0.1) is 11.8 Å². The number of hydrogen-bond donors (Lipinski definition) is 2. The van der Waals surface area contributed by atoms with E-state index < -0.39 is 17.7 Å². The van der Waals surface area contributed by atoms with Crippen LogP contribution in [0.25, 0.3) is 5.65 Å². The van der Waals surface area contributed by atoms with E-state index in [0.717, 1.165) is 18.3 Å². The predicted octanol–water partition coefficient (Wildman–Crippen LogP) is 3.19. The number of halogens is 3. The van der Waals surface area contributed by atoms with Crippen LogP contribution in [0.15, 0.2) is 42.7 Å². The number of carbonyl (C=O) groups is 1. The van der Waals surface area contributed by atoms with Gasteiger partial charge in [-0.15, -0.1) is 0 Å². The third-order valence-corrected chi connectivity index (χ3v) is 3.06. The van der Waals surface area contributed by atoms with Crippen LogP contribution in [-0.4, -0.2) is 25.7 Å². The number of aromatic carboxylic acids is 1. The van der Waals surface area contributed by atoms with Crippen molar-refractivity contribution in [1.29, 1.82) is 0 Å². The lowest BCUT2D eigenvalue weighted by Crippen LogP contribution is -2.05. The fraction of sp³-hybridized carbons (Fsp3) is 0.0714. The number of carboxylic acids is 1. The first kappa shape index (κ1) is 14.8. The first-order chi connectivity index (χ1) is 10.8. The molecule has 0 aliphatic heterocycles. The number of carboxylic acid groups (broad SMARTS) is 1. The topological polar surface area (TPSA) is 79.5 Å². The molecule has 118 valence electrons. The number of alkyl halides is 3. The minimum absolute atomic E-state index is 0.0921. The normalized spacial score (nSPS) is 11.6. The Kier molecular flexibility index (Phi) is 3.40. The van der Waals surface area contributed by atoms with Gasteiger partial charge in [-0.1, -0.05) is 6.07 Å². The molecule has 0 amide bonds. The summed E-state index contributed by atoms with van der Waals surface area (Å²) in [7, 11) is 0. The van der Waals surface area contributed by atoms with Crippen molar-refractivity contribution in [1.82, 2.24) is 14.6 Å². The van der Waals surface area contributed by atoms with E-state index in [9.17, 15) is 18.0 Å². The van der Waals surface area contributed by atoms with Crippen LogP contribution in [0.1, 0.15) is 15.9 Å². The molecule has 0 saturated carbocycles. The van der Waals surface area contributed by atoms with E-state index in [1.807, 2.05) is 0 Å². The highest BCUT2D eigenvalue weighted by Gasteiger charge is 2.30. The molecule has 0 unspecified atom stereocenters. The minimum atomic E-state index is -4.45. The van der Waals surface area contributed by atoms with Crippen molar-refractivity contribution in [2.24, 2.45) is 0 Å². The van der Waals surface area contributed by atoms with Gasteiger partial charge in [0.1, 0.15) is 11.4 Å². The maximum Gasteiger partial charge on any atom is 0.416 e. The second-order valence-corrected chi connectivity index (χ2v) is 4.65. The van der Waals surface area contributed by atoms with E-state index >= 15 is 0 Å². The first-order valence-electron chi connectivity index (χ1n) is 6.36. The molecule has 0 bridgehead atoms. The Morgan fingerprint density at radius 1 is 1.26 bits per heavy atom. The Morgan fingerprint density at radius 2 is 2.04 bits per heavy atom. The molecule has 0 saturated heterocycles. The largest absolute Gasteiger partial charge is 0.477 e. The zero-order valence-corrected chi connectivity index (χ0v) is 11.4. The summed E-state index contributed by atoms with van der Waals surface area (Å²) in [5.41, 5.74) is -0.612. The summed E-state index contributed by atoms with van der Waals surface area (Å²) in [6.45, 7) is 0. The van der Waals surface area contributed by atoms with E-state index in [-0.39, 0.29) is 22.7 Å². The molecule has 0 atom stereocenters. The van der Waals surface area contributed by atoms with Crippen LogP contribution < -0.4 is 5.32 Å². The van der Waals surface area contributed by atoms with Crippen LogP contribution in [0.4, 0.5) is 24.7 Å². The lowest BCUT2D eigenvalue weighted by molar-refractivity contribution is -0.137. The van der Waals surface area contributed by atoms with Gasteiger partial charge in [0.2, 0.25) is 0 Å². The number of nitrogens with one attached hydrogen (secondary N) is 1. The molecule has 0 aliphatic carbocycles. The molecule has 23 heavy (non-hydrogen) atoms. The van der Waals surface area contributed by atoms with Crippen molar-refractivity contribution in [2.45, 2.75) is 6.18 Å². The Balaban J connectivity index is 1.95. The second kappa shape index (κ2) is 5.27. The van der Waals surface area contributed by atoms with Crippen LogP contribution in [0.5, 0.6) is 0 Å². The highest BCUT2D eigenvalue weighted by atomic mass is 19.4. The standard InChI is InChI=1S/C14H9F3N4O2/c15-14(16,17)8-2-1-3-9(6-8)19-11-4-5-21-12(20-11)10(7-18-21)13(22)23/h1-7H,(H,19,20)(H,22,23). The Bertz CT molecular complexity index is 889. The molecule has 3 rings (SSSR count). The average molecular weight is 322 g/mol. The van der Waals surface area contributed by atoms with E-state index in [4.69, 9.17) is 5.11 Å². The molecular formula is C14H9F3N4O2. The third kappa shape index (κ3) is 2.93. The van der Waals surface area contributed by atoms with Crippen molar-refractivity contribution in [3.63, 3.8) is 0 Å². The highest BCUT2D eigenvalue weighted by molar-refractivity contribution is 5.94. The molecule has 0 spiro atoms. The zero-order valence-electron chi connectivity index (χ0n) is 11.4. The average Bonchev–Trinajstić information content (AvgIpc) is 2.90. The van der Waals surface area contributed by atoms with Gasteiger partial charge in [0.25, 0.3) is 0 Å². The van der Waals surface area contributed by atoms with E-state index in [1.54, 1.807) is 0 Å². The lowest BCUT2D eigenvalue weighted by atomic mass is 10.2. The predicted molar refractivity (Wildman–Crippen MR) is 74.7 cm³/mol. The van der Waals surface area contributed by atoms with E-state index in [1.165, 1.54) is 28.9 Å².